The first-order chi connectivity index (χ1) is 18.0. The van der Waals surface area contributed by atoms with Crippen LogP contribution in [0, 0.1) is 6.92 Å². The van der Waals surface area contributed by atoms with Gasteiger partial charge in [0.1, 0.15) is 6.61 Å². The van der Waals surface area contributed by atoms with E-state index in [9.17, 15) is 14.7 Å². The van der Waals surface area contributed by atoms with Crippen LogP contribution in [-0.4, -0.2) is 42.1 Å². The van der Waals surface area contributed by atoms with Crippen molar-refractivity contribution in [2.75, 3.05) is 11.9 Å². The first kappa shape index (κ1) is 26.0. The maximum atomic E-state index is 13.0. The molecule has 1 fully saturated rings. The summed E-state index contributed by atoms with van der Waals surface area (Å²) in [7, 11) is -0.697. The first-order valence-electron chi connectivity index (χ1n) is 12.8. The van der Waals surface area contributed by atoms with Gasteiger partial charge in [-0.3, -0.25) is 10.1 Å². The van der Waals surface area contributed by atoms with Crippen molar-refractivity contribution < 1.29 is 28.7 Å². The summed E-state index contributed by atoms with van der Waals surface area (Å²) in [4.78, 5) is 24.5. The number of fused-ring (bicyclic) bond motifs is 3. The molecular formula is C30H32BNO6. The number of hydrogen-bond acceptors (Lipinski definition) is 5. The highest BCUT2D eigenvalue weighted by Gasteiger charge is 2.52. The van der Waals surface area contributed by atoms with Crippen LogP contribution < -0.4 is 10.8 Å². The molecule has 8 heteroatoms. The molecule has 2 aliphatic rings. The minimum absolute atomic E-state index is 0.0621. The average molecular weight is 513 g/mol. The molecule has 3 aromatic carbocycles. The Bertz CT molecular complexity index is 1350. The van der Waals surface area contributed by atoms with E-state index in [0.717, 1.165) is 27.8 Å². The molecule has 1 heterocycles. The molecule has 1 aliphatic heterocycles. The molecule has 0 radical (unpaired) electrons. The van der Waals surface area contributed by atoms with Gasteiger partial charge in [0.25, 0.3) is 0 Å². The summed E-state index contributed by atoms with van der Waals surface area (Å²) in [6, 6.07) is 19.7. The molecule has 5 rings (SSSR count). The van der Waals surface area contributed by atoms with Crippen LogP contribution >= 0.6 is 0 Å². The van der Waals surface area contributed by atoms with Crippen molar-refractivity contribution in [3.8, 4) is 11.1 Å². The number of carbonyl (C=O) groups excluding carboxylic acids is 1. The van der Waals surface area contributed by atoms with Gasteiger partial charge in [-0.15, -0.1) is 0 Å². The lowest BCUT2D eigenvalue weighted by molar-refractivity contribution is -0.136. The van der Waals surface area contributed by atoms with E-state index in [4.69, 9.17) is 14.0 Å². The van der Waals surface area contributed by atoms with Crippen LogP contribution in [0.15, 0.2) is 60.7 Å². The monoisotopic (exact) mass is 513 g/mol. The fourth-order valence-corrected chi connectivity index (χ4v) is 5.16. The van der Waals surface area contributed by atoms with Crippen molar-refractivity contribution in [2.45, 2.75) is 58.2 Å². The van der Waals surface area contributed by atoms with Crippen LogP contribution in [0.5, 0.6) is 0 Å². The van der Waals surface area contributed by atoms with Gasteiger partial charge in [-0.25, -0.2) is 4.79 Å². The van der Waals surface area contributed by atoms with Crippen LogP contribution in [-0.2, 0) is 25.3 Å². The van der Waals surface area contributed by atoms with Crippen molar-refractivity contribution in [1.29, 1.82) is 0 Å². The van der Waals surface area contributed by atoms with Crippen LogP contribution in [0.25, 0.3) is 11.1 Å². The molecule has 1 saturated heterocycles. The second-order valence-corrected chi connectivity index (χ2v) is 11.0. The van der Waals surface area contributed by atoms with Crippen molar-refractivity contribution >= 4 is 30.3 Å². The third-order valence-electron chi connectivity index (χ3n) is 7.95. The predicted octanol–water partition coefficient (Wildman–Crippen LogP) is 5.28. The third kappa shape index (κ3) is 4.70. The Hall–Kier alpha value is -3.62. The van der Waals surface area contributed by atoms with Crippen molar-refractivity contribution in [1.82, 2.24) is 0 Å². The highest BCUT2D eigenvalue weighted by molar-refractivity contribution is 6.62. The number of nitrogens with one attached hydrogen (secondary N) is 1. The lowest BCUT2D eigenvalue weighted by Crippen LogP contribution is -2.41. The predicted molar refractivity (Wildman–Crippen MR) is 147 cm³/mol. The summed E-state index contributed by atoms with van der Waals surface area (Å²) in [5.41, 5.74) is 5.84. The number of aliphatic carboxylic acids is 1. The number of benzene rings is 3. The third-order valence-corrected chi connectivity index (χ3v) is 7.95. The van der Waals surface area contributed by atoms with E-state index in [1.54, 1.807) is 12.1 Å². The molecule has 2 N–H and O–H groups in total. The fraction of sp³-hybridized carbons (Fsp3) is 0.333. The van der Waals surface area contributed by atoms with Gasteiger partial charge in [0.2, 0.25) is 0 Å². The number of carboxylic acid groups (broad SMARTS) is 1. The molecule has 38 heavy (non-hydrogen) atoms. The lowest BCUT2D eigenvalue weighted by Gasteiger charge is -2.32. The zero-order valence-corrected chi connectivity index (χ0v) is 22.3. The van der Waals surface area contributed by atoms with Gasteiger partial charge in [0, 0.05) is 11.6 Å². The highest BCUT2D eigenvalue weighted by atomic mass is 16.7. The van der Waals surface area contributed by atoms with Crippen LogP contribution in [0.1, 0.15) is 55.9 Å². The normalized spacial score (nSPS) is 17.1. The second kappa shape index (κ2) is 9.60. The zero-order valence-electron chi connectivity index (χ0n) is 22.3. The average Bonchev–Trinajstić information content (AvgIpc) is 3.28. The number of rotatable bonds is 6. The van der Waals surface area contributed by atoms with Gasteiger partial charge in [-0.05, 0) is 79.5 Å². The molecule has 0 saturated carbocycles. The van der Waals surface area contributed by atoms with Gasteiger partial charge >= 0.3 is 19.2 Å². The number of carbonyl (C=O) groups is 2. The lowest BCUT2D eigenvalue weighted by atomic mass is 9.74. The molecule has 196 valence electrons. The summed E-state index contributed by atoms with van der Waals surface area (Å²) in [5, 5.41) is 12.3. The van der Waals surface area contributed by atoms with Gasteiger partial charge < -0.3 is 19.2 Å². The van der Waals surface area contributed by atoms with Crippen molar-refractivity contribution in [3.05, 3.63) is 82.9 Å². The van der Waals surface area contributed by atoms with Gasteiger partial charge in [0.15, 0.2) is 0 Å². The number of anilines is 1. The quantitative estimate of drug-likeness (QED) is 0.436. The van der Waals surface area contributed by atoms with Gasteiger partial charge in [0.05, 0.1) is 17.6 Å². The number of carboxylic acids is 1. The molecule has 0 aromatic heterocycles. The van der Waals surface area contributed by atoms with Crippen molar-refractivity contribution in [2.24, 2.45) is 0 Å². The van der Waals surface area contributed by atoms with Crippen LogP contribution in [0.2, 0.25) is 0 Å². The summed E-state index contributed by atoms with van der Waals surface area (Å²) in [6.07, 6.45) is -0.811. The Morgan fingerprint density at radius 1 is 0.947 bits per heavy atom. The molecule has 0 unspecified atom stereocenters. The van der Waals surface area contributed by atoms with Crippen molar-refractivity contribution in [3.63, 3.8) is 0 Å². The molecule has 1 aliphatic carbocycles. The van der Waals surface area contributed by atoms with Crippen LogP contribution in [0.4, 0.5) is 10.5 Å². The standard InChI is InChI=1S/C30H32BNO6/c1-18-25(31-37-29(2,3)30(4,5)38-31)14-19(16-27(33)34)15-26(18)32-28(35)36-17-24-22-12-8-6-10-20(22)21-11-7-9-13-23(21)24/h6-15,24H,16-17H2,1-5H3,(H,32,35)(H,33,34). The second-order valence-electron chi connectivity index (χ2n) is 11.0. The van der Waals surface area contributed by atoms with Gasteiger partial charge in [-0.2, -0.15) is 0 Å². The van der Waals surface area contributed by atoms with E-state index in [1.807, 2.05) is 58.9 Å². The zero-order chi connectivity index (χ0) is 27.2. The Balaban J connectivity index is 1.37. The maximum Gasteiger partial charge on any atom is 0.495 e. The number of amides is 1. The maximum absolute atomic E-state index is 13.0. The van der Waals surface area contributed by atoms with Crippen LogP contribution in [0.3, 0.4) is 0 Å². The Kier molecular flexibility index (Phi) is 6.57. The van der Waals surface area contributed by atoms with E-state index in [2.05, 4.69) is 29.6 Å². The Morgan fingerprint density at radius 2 is 1.50 bits per heavy atom. The molecule has 3 aromatic rings. The van der Waals surface area contributed by atoms with E-state index in [1.165, 1.54) is 0 Å². The molecule has 0 spiro atoms. The molecular weight excluding hydrogens is 481 g/mol. The summed E-state index contributed by atoms with van der Waals surface area (Å²) in [6.45, 7) is 9.86. The minimum Gasteiger partial charge on any atom is -0.481 e. The SMILES string of the molecule is Cc1c(NC(=O)OCC2c3ccccc3-c3ccccc32)cc(CC(=O)O)cc1B1OC(C)(C)C(C)(C)O1. The van der Waals surface area contributed by atoms with E-state index in [-0.39, 0.29) is 18.9 Å². The molecule has 0 atom stereocenters. The number of hydrogen-bond donors (Lipinski definition) is 2. The first-order valence-corrected chi connectivity index (χ1v) is 12.8. The number of ether oxygens (including phenoxy) is 1. The summed E-state index contributed by atoms with van der Waals surface area (Å²) >= 11 is 0. The Morgan fingerprint density at radius 3 is 2.05 bits per heavy atom. The smallest absolute Gasteiger partial charge is 0.481 e. The highest BCUT2D eigenvalue weighted by Crippen LogP contribution is 2.44. The minimum atomic E-state index is -0.971. The van der Waals surface area contributed by atoms with E-state index >= 15 is 0 Å². The Labute approximate surface area is 223 Å². The molecule has 0 bridgehead atoms. The van der Waals surface area contributed by atoms with E-state index in [0.29, 0.717) is 16.7 Å². The molecule has 7 nitrogen and oxygen atoms in total. The van der Waals surface area contributed by atoms with Gasteiger partial charge in [-0.1, -0.05) is 54.6 Å². The largest absolute Gasteiger partial charge is 0.495 e. The topological polar surface area (TPSA) is 94.1 Å². The summed E-state index contributed by atoms with van der Waals surface area (Å²) < 4.78 is 18.2. The van der Waals surface area contributed by atoms with E-state index < -0.39 is 30.4 Å². The molecule has 1 amide bonds. The fourth-order valence-electron chi connectivity index (χ4n) is 5.16. The summed E-state index contributed by atoms with van der Waals surface area (Å²) in [5.74, 6) is -1.03.